The normalized spacial score (nSPS) is 11.2. The van der Waals surface area contributed by atoms with Gasteiger partial charge in [-0.15, -0.1) is 0 Å². The Balaban J connectivity index is 2.28. The SMILES string of the molecule is CN(C)c1cccc(NS(=O)(=O)c2cnc(Cl)nc2)c1. The molecule has 0 radical (unpaired) electrons. The summed E-state index contributed by atoms with van der Waals surface area (Å²) in [6, 6.07) is 7.05. The molecule has 0 aliphatic carbocycles. The Kier molecular flexibility index (Phi) is 4.10. The van der Waals surface area contributed by atoms with Crippen molar-refractivity contribution in [1.29, 1.82) is 0 Å². The van der Waals surface area contributed by atoms with Crippen molar-refractivity contribution >= 4 is 33.0 Å². The molecule has 0 atom stereocenters. The van der Waals surface area contributed by atoms with Crippen LogP contribution >= 0.6 is 11.6 Å². The molecule has 0 bridgehead atoms. The van der Waals surface area contributed by atoms with Gasteiger partial charge < -0.3 is 4.90 Å². The van der Waals surface area contributed by atoms with Gasteiger partial charge in [0.2, 0.25) is 5.28 Å². The third-order valence-electron chi connectivity index (χ3n) is 2.52. The van der Waals surface area contributed by atoms with Gasteiger partial charge in [0.25, 0.3) is 10.0 Å². The van der Waals surface area contributed by atoms with Crippen LogP contribution in [0.3, 0.4) is 0 Å². The van der Waals surface area contributed by atoms with Crippen LogP contribution in [0.4, 0.5) is 11.4 Å². The van der Waals surface area contributed by atoms with E-state index in [1.807, 2.05) is 25.1 Å². The minimum atomic E-state index is -3.72. The number of anilines is 2. The van der Waals surface area contributed by atoms with Gasteiger partial charge in [-0.3, -0.25) is 4.72 Å². The van der Waals surface area contributed by atoms with Gasteiger partial charge in [0.05, 0.1) is 18.1 Å². The smallest absolute Gasteiger partial charge is 0.264 e. The molecule has 1 aromatic carbocycles. The number of nitrogens with zero attached hydrogens (tertiary/aromatic N) is 3. The highest BCUT2D eigenvalue weighted by atomic mass is 35.5. The third kappa shape index (κ3) is 3.37. The summed E-state index contributed by atoms with van der Waals surface area (Å²) in [4.78, 5) is 9.15. The van der Waals surface area contributed by atoms with Gasteiger partial charge >= 0.3 is 0 Å². The summed E-state index contributed by atoms with van der Waals surface area (Å²) in [6.07, 6.45) is 2.32. The Hall–Kier alpha value is -1.86. The molecule has 1 N–H and O–H groups in total. The van der Waals surface area contributed by atoms with Crippen LogP contribution in [0.2, 0.25) is 5.28 Å². The summed E-state index contributed by atoms with van der Waals surface area (Å²) in [7, 11) is 0.0266. The molecule has 0 amide bonds. The van der Waals surface area contributed by atoms with Crippen molar-refractivity contribution < 1.29 is 8.42 Å². The van der Waals surface area contributed by atoms with E-state index in [9.17, 15) is 8.42 Å². The van der Waals surface area contributed by atoms with Crippen LogP contribution in [-0.4, -0.2) is 32.5 Å². The van der Waals surface area contributed by atoms with E-state index in [-0.39, 0.29) is 10.2 Å². The van der Waals surface area contributed by atoms with E-state index in [1.54, 1.807) is 18.2 Å². The summed E-state index contributed by atoms with van der Waals surface area (Å²) in [6.45, 7) is 0. The molecule has 0 aliphatic heterocycles. The number of hydrogen-bond donors (Lipinski definition) is 1. The Labute approximate surface area is 122 Å². The molecule has 8 heteroatoms. The molecule has 0 saturated carbocycles. The van der Waals surface area contributed by atoms with Crippen LogP contribution in [0, 0.1) is 0 Å². The summed E-state index contributed by atoms with van der Waals surface area (Å²) in [5.74, 6) is 0. The molecule has 1 aromatic heterocycles. The highest BCUT2D eigenvalue weighted by Gasteiger charge is 2.15. The lowest BCUT2D eigenvalue weighted by atomic mass is 10.3. The predicted octanol–water partition coefficient (Wildman–Crippen LogP) is 2.00. The highest BCUT2D eigenvalue weighted by molar-refractivity contribution is 7.92. The van der Waals surface area contributed by atoms with Gasteiger partial charge in [0, 0.05) is 19.8 Å². The van der Waals surface area contributed by atoms with Crippen molar-refractivity contribution in [2.45, 2.75) is 4.90 Å². The minimum absolute atomic E-state index is 0.00134. The summed E-state index contributed by atoms with van der Waals surface area (Å²) < 4.78 is 26.8. The first-order valence-electron chi connectivity index (χ1n) is 5.66. The Morgan fingerprint density at radius 3 is 2.45 bits per heavy atom. The third-order valence-corrected chi connectivity index (χ3v) is 4.05. The number of halogens is 1. The summed E-state index contributed by atoms with van der Waals surface area (Å²) in [5.41, 5.74) is 1.35. The molecule has 6 nitrogen and oxygen atoms in total. The molecular weight excluding hydrogens is 300 g/mol. The molecule has 0 unspecified atom stereocenters. The quantitative estimate of drug-likeness (QED) is 0.874. The maximum atomic E-state index is 12.1. The largest absolute Gasteiger partial charge is 0.378 e. The van der Waals surface area contributed by atoms with E-state index in [2.05, 4.69) is 14.7 Å². The van der Waals surface area contributed by atoms with Crippen LogP contribution in [0.25, 0.3) is 0 Å². The standard InChI is InChI=1S/C12H13ClN4O2S/c1-17(2)10-5-3-4-9(6-10)16-20(18,19)11-7-14-12(13)15-8-11/h3-8,16H,1-2H3. The van der Waals surface area contributed by atoms with Crippen molar-refractivity contribution in [3.05, 3.63) is 41.9 Å². The predicted molar refractivity (Wildman–Crippen MR) is 78.6 cm³/mol. The van der Waals surface area contributed by atoms with Crippen molar-refractivity contribution in [2.24, 2.45) is 0 Å². The Morgan fingerprint density at radius 2 is 1.85 bits per heavy atom. The zero-order chi connectivity index (χ0) is 14.8. The van der Waals surface area contributed by atoms with Gasteiger partial charge in [-0.2, -0.15) is 0 Å². The van der Waals surface area contributed by atoms with E-state index in [1.165, 1.54) is 0 Å². The van der Waals surface area contributed by atoms with E-state index in [0.29, 0.717) is 5.69 Å². The molecule has 20 heavy (non-hydrogen) atoms. The zero-order valence-corrected chi connectivity index (χ0v) is 12.5. The van der Waals surface area contributed by atoms with Crippen molar-refractivity contribution in [3.63, 3.8) is 0 Å². The first-order valence-corrected chi connectivity index (χ1v) is 7.52. The number of rotatable bonds is 4. The van der Waals surface area contributed by atoms with E-state index >= 15 is 0 Å². The lowest BCUT2D eigenvalue weighted by Gasteiger charge is -2.14. The average molecular weight is 313 g/mol. The molecule has 0 fully saturated rings. The molecule has 1 heterocycles. The van der Waals surface area contributed by atoms with Gasteiger partial charge in [-0.25, -0.2) is 18.4 Å². The monoisotopic (exact) mass is 312 g/mol. The fourth-order valence-electron chi connectivity index (χ4n) is 1.50. The Morgan fingerprint density at radius 1 is 1.20 bits per heavy atom. The van der Waals surface area contributed by atoms with Crippen LogP contribution in [0.1, 0.15) is 0 Å². The molecule has 0 aliphatic rings. The van der Waals surface area contributed by atoms with Crippen molar-refractivity contribution in [1.82, 2.24) is 9.97 Å². The van der Waals surface area contributed by atoms with E-state index in [4.69, 9.17) is 11.6 Å². The maximum absolute atomic E-state index is 12.1. The summed E-state index contributed by atoms with van der Waals surface area (Å²) in [5, 5.41) is -0.00134. The lowest BCUT2D eigenvalue weighted by molar-refractivity contribution is 0.600. The second-order valence-corrected chi connectivity index (χ2v) is 6.26. The molecule has 106 valence electrons. The number of aromatic nitrogens is 2. The molecular formula is C12H13ClN4O2S. The zero-order valence-electron chi connectivity index (χ0n) is 10.9. The number of hydrogen-bond acceptors (Lipinski definition) is 5. The number of benzene rings is 1. The van der Waals surface area contributed by atoms with Crippen LogP contribution in [0.15, 0.2) is 41.6 Å². The van der Waals surface area contributed by atoms with Crippen molar-refractivity contribution in [2.75, 3.05) is 23.7 Å². The van der Waals surface area contributed by atoms with Gasteiger partial charge in [-0.05, 0) is 29.8 Å². The van der Waals surface area contributed by atoms with E-state index < -0.39 is 10.0 Å². The highest BCUT2D eigenvalue weighted by Crippen LogP contribution is 2.20. The molecule has 0 saturated heterocycles. The minimum Gasteiger partial charge on any atom is -0.378 e. The van der Waals surface area contributed by atoms with Gasteiger partial charge in [0.1, 0.15) is 4.90 Å². The van der Waals surface area contributed by atoms with Crippen LogP contribution in [-0.2, 0) is 10.0 Å². The fourth-order valence-corrected chi connectivity index (χ4v) is 2.54. The topological polar surface area (TPSA) is 75.2 Å². The Bertz CT molecular complexity index is 702. The average Bonchev–Trinajstić information content (AvgIpc) is 2.39. The van der Waals surface area contributed by atoms with Crippen LogP contribution < -0.4 is 9.62 Å². The molecule has 2 rings (SSSR count). The molecule has 0 spiro atoms. The second-order valence-electron chi connectivity index (χ2n) is 4.24. The lowest BCUT2D eigenvalue weighted by Crippen LogP contribution is -2.14. The van der Waals surface area contributed by atoms with Crippen molar-refractivity contribution in [3.8, 4) is 0 Å². The summed E-state index contributed by atoms with van der Waals surface area (Å²) >= 11 is 5.53. The first-order chi connectivity index (χ1) is 9.38. The van der Waals surface area contributed by atoms with E-state index in [0.717, 1.165) is 18.1 Å². The number of nitrogens with one attached hydrogen (secondary N) is 1. The van der Waals surface area contributed by atoms with Gasteiger partial charge in [0.15, 0.2) is 0 Å². The molecule has 2 aromatic rings. The maximum Gasteiger partial charge on any atom is 0.264 e. The fraction of sp³-hybridized carbons (Fsp3) is 0.167. The second kappa shape index (κ2) is 5.64. The number of sulfonamides is 1. The first kappa shape index (κ1) is 14.5. The van der Waals surface area contributed by atoms with Crippen LogP contribution in [0.5, 0.6) is 0 Å². The van der Waals surface area contributed by atoms with Gasteiger partial charge in [-0.1, -0.05) is 6.07 Å².